The number of aromatic nitrogens is 1. The summed E-state index contributed by atoms with van der Waals surface area (Å²) in [4.78, 5) is 14.8. The van der Waals surface area contributed by atoms with Crippen LogP contribution < -0.4 is 10.6 Å². The van der Waals surface area contributed by atoms with Crippen molar-refractivity contribution < 1.29 is 14.3 Å². The molecule has 0 unspecified atom stereocenters. The van der Waals surface area contributed by atoms with Crippen LogP contribution in [0.2, 0.25) is 0 Å². The Morgan fingerprint density at radius 1 is 1.04 bits per heavy atom. The van der Waals surface area contributed by atoms with Crippen molar-refractivity contribution in [2.75, 3.05) is 18.4 Å². The zero-order chi connectivity index (χ0) is 19.3. The fraction of sp³-hybridized carbons (Fsp3) is 0.619. The van der Waals surface area contributed by atoms with E-state index < -0.39 is 6.09 Å². The van der Waals surface area contributed by atoms with E-state index in [-0.39, 0.29) is 0 Å². The van der Waals surface area contributed by atoms with Gasteiger partial charge in [-0.1, -0.05) is 57.9 Å². The third-order valence-corrected chi connectivity index (χ3v) is 4.68. The standard InChI is InChI=1S/C21H33N3O3/c1-2-3-4-5-6-7-8-9-11-17-12-13-18-19(16-17)27-20(24-18)22-14-10-15-23-21(25)26/h12-13,16,23H,2-11,14-15H2,1H3,(H,22,24)(H,25,26). The molecule has 0 saturated carbocycles. The first-order valence-corrected chi connectivity index (χ1v) is 10.3. The van der Waals surface area contributed by atoms with Crippen molar-refractivity contribution in [1.29, 1.82) is 0 Å². The van der Waals surface area contributed by atoms with Crippen molar-refractivity contribution in [3.05, 3.63) is 23.8 Å². The van der Waals surface area contributed by atoms with Crippen molar-refractivity contribution in [2.45, 2.75) is 71.1 Å². The Morgan fingerprint density at radius 2 is 1.78 bits per heavy atom. The summed E-state index contributed by atoms with van der Waals surface area (Å²) in [5.74, 6) is 0. The van der Waals surface area contributed by atoms with Gasteiger partial charge in [0.1, 0.15) is 5.52 Å². The van der Waals surface area contributed by atoms with Crippen LogP contribution >= 0.6 is 0 Å². The van der Waals surface area contributed by atoms with Gasteiger partial charge in [0.05, 0.1) is 0 Å². The van der Waals surface area contributed by atoms with E-state index in [0.717, 1.165) is 17.5 Å². The summed E-state index contributed by atoms with van der Waals surface area (Å²) in [7, 11) is 0. The lowest BCUT2D eigenvalue weighted by atomic mass is 10.0. The molecule has 1 amide bonds. The second-order valence-electron chi connectivity index (χ2n) is 7.06. The summed E-state index contributed by atoms with van der Waals surface area (Å²) in [5, 5.41) is 14.0. The minimum Gasteiger partial charge on any atom is -0.465 e. The fourth-order valence-electron chi connectivity index (χ4n) is 3.14. The normalized spacial score (nSPS) is 11.0. The average Bonchev–Trinajstić information content (AvgIpc) is 3.05. The predicted octanol–water partition coefficient (Wildman–Crippen LogP) is 5.58. The summed E-state index contributed by atoms with van der Waals surface area (Å²) < 4.78 is 5.76. The van der Waals surface area contributed by atoms with Gasteiger partial charge < -0.3 is 20.2 Å². The molecule has 1 aromatic heterocycles. The highest BCUT2D eigenvalue weighted by Gasteiger charge is 2.06. The van der Waals surface area contributed by atoms with E-state index in [9.17, 15) is 4.79 Å². The van der Waals surface area contributed by atoms with Crippen LogP contribution in [0.25, 0.3) is 11.1 Å². The molecule has 0 aliphatic carbocycles. The van der Waals surface area contributed by atoms with Crippen molar-refractivity contribution in [3.63, 3.8) is 0 Å². The Bertz CT molecular complexity index is 684. The largest absolute Gasteiger partial charge is 0.465 e. The highest BCUT2D eigenvalue weighted by Crippen LogP contribution is 2.21. The number of carbonyl (C=O) groups is 1. The van der Waals surface area contributed by atoms with Crippen molar-refractivity contribution >= 4 is 23.2 Å². The molecule has 150 valence electrons. The van der Waals surface area contributed by atoms with Crippen LogP contribution in [0.1, 0.15) is 70.3 Å². The van der Waals surface area contributed by atoms with Gasteiger partial charge in [0, 0.05) is 13.1 Å². The lowest BCUT2D eigenvalue weighted by molar-refractivity contribution is 0.194. The smallest absolute Gasteiger partial charge is 0.404 e. The van der Waals surface area contributed by atoms with Crippen molar-refractivity contribution in [3.8, 4) is 0 Å². The van der Waals surface area contributed by atoms with Crippen LogP contribution in [0.4, 0.5) is 10.8 Å². The van der Waals surface area contributed by atoms with Gasteiger partial charge >= 0.3 is 6.09 Å². The highest BCUT2D eigenvalue weighted by atomic mass is 16.4. The average molecular weight is 376 g/mol. The Balaban J connectivity index is 1.67. The zero-order valence-electron chi connectivity index (χ0n) is 16.4. The van der Waals surface area contributed by atoms with Crippen LogP contribution in [0.15, 0.2) is 22.6 Å². The second-order valence-corrected chi connectivity index (χ2v) is 7.06. The minimum atomic E-state index is -0.999. The molecule has 0 atom stereocenters. The van der Waals surface area contributed by atoms with E-state index >= 15 is 0 Å². The number of nitrogens with one attached hydrogen (secondary N) is 2. The number of oxazole rings is 1. The molecule has 0 saturated heterocycles. The van der Waals surface area contributed by atoms with E-state index in [1.165, 1.54) is 56.9 Å². The van der Waals surface area contributed by atoms with Gasteiger partial charge in [-0.3, -0.25) is 0 Å². The number of aryl methyl sites for hydroxylation is 1. The number of rotatable bonds is 14. The summed E-state index contributed by atoms with van der Waals surface area (Å²) in [6.45, 7) is 3.27. The molecule has 2 aromatic rings. The topological polar surface area (TPSA) is 87.4 Å². The van der Waals surface area contributed by atoms with Gasteiger partial charge in [-0.05, 0) is 37.0 Å². The van der Waals surface area contributed by atoms with Gasteiger partial charge in [0.25, 0.3) is 6.01 Å². The van der Waals surface area contributed by atoms with Gasteiger partial charge in [-0.15, -0.1) is 0 Å². The number of hydrogen-bond donors (Lipinski definition) is 3. The molecule has 6 heteroatoms. The van der Waals surface area contributed by atoms with Crippen LogP contribution in [-0.2, 0) is 6.42 Å². The number of fused-ring (bicyclic) bond motifs is 1. The maximum Gasteiger partial charge on any atom is 0.404 e. The Morgan fingerprint density at radius 3 is 2.52 bits per heavy atom. The SMILES string of the molecule is CCCCCCCCCCc1ccc2nc(NCCCNC(=O)O)oc2c1. The molecular weight excluding hydrogens is 342 g/mol. The molecular formula is C21H33N3O3. The summed E-state index contributed by atoms with van der Waals surface area (Å²) in [6.07, 6.45) is 11.4. The number of nitrogens with zero attached hydrogens (tertiary/aromatic N) is 1. The highest BCUT2D eigenvalue weighted by molar-refractivity contribution is 5.75. The zero-order valence-corrected chi connectivity index (χ0v) is 16.4. The molecule has 0 radical (unpaired) electrons. The molecule has 0 spiro atoms. The van der Waals surface area contributed by atoms with E-state index in [0.29, 0.717) is 25.5 Å². The lowest BCUT2D eigenvalue weighted by Crippen LogP contribution is -2.23. The molecule has 0 aliphatic rings. The van der Waals surface area contributed by atoms with Crippen LogP contribution in [0, 0.1) is 0 Å². The number of hydrogen-bond acceptors (Lipinski definition) is 4. The van der Waals surface area contributed by atoms with Crippen LogP contribution in [-0.4, -0.2) is 29.3 Å². The maximum absolute atomic E-state index is 10.4. The molecule has 27 heavy (non-hydrogen) atoms. The predicted molar refractivity (Wildman–Crippen MR) is 109 cm³/mol. The first-order valence-electron chi connectivity index (χ1n) is 10.3. The Kier molecular flexibility index (Phi) is 9.52. The Hall–Kier alpha value is -2.24. The van der Waals surface area contributed by atoms with Crippen LogP contribution in [0.3, 0.4) is 0 Å². The van der Waals surface area contributed by atoms with Gasteiger partial charge in [-0.2, -0.15) is 4.98 Å². The van der Waals surface area contributed by atoms with Gasteiger partial charge in [0.15, 0.2) is 5.58 Å². The first kappa shape index (κ1) is 21.1. The number of anilines is 1. The first-order chi connectivity index (χ1) is 13.2. The monoisotopic (exact) mass is 375 g/mol. The number of unbranched alkanes of at least 4 members (excludes halogenated alkanes) is 7. The Labute approximate surface area is 161 Å². The number of carboxylic acid groups (broad SMARTS) is 1. The summed E-state index contributed by atoms with van der Waals surface area (Å²) in [6, 6.07) is 6.72. The minimum absolute atomic E-state index is 0.408. The van der Waals surface area contributed by atoms with E-state index in [1.807, 2.05) is 6.07 Å². The fourth-order valence-corrected chi connectivity index (χ4v) is 3.14. The molecule has 3 N–H and O–H groups in total. The quantitative estimate of drug-likeness (QED) is 0.375. The lowest BCUT2D eigenvalue weighted by Gasteiger charge is -2.02. The van der Waals surface area contributed by atoms with E-state index in [1.54, 1.807) is 0 Å². The third kappa shape index (κ3) is 8.33. The molecule has 0 aliphatic heterocycles. The molecule has 1 heterocycles. The number of amides is 1. The van der Waals surface area contributed by atoms with E-state index in [2.05, 4.69) is 34.7 Å². The molecule has 6 nitrogen and oxygen atoms in total. The molecule has 2 rings (SSSR count). The molecule has 0 bridgehead atoms. The van der Waals surface area contributed by atoms with Crippen LogP contribution in [0.5, 0.6) is 0 Å². The molecule has 1 aromatic carbocycles. The third-order valence-electron chi connectivity index (χ3n) is 4.68. The van der Waals surface area contributed by atoms with Crippen molar-refractivity contribution in [1.82, 2.24) is 10.3 Å². The summed E-state index contributed by atoms with van der Waals surface area (Å²) >= 11 is 0. The number of benzene rings is 1. The van der Waals surface area contributed by atoms with E-state index in [4.69, 9.17) is 9.52 Å². The van der Waals surface area contributed by atoms with Gasteiger partial charge in [0.2, 0.25) is 0 Å². The summed E-state index contributed by atoms with van der Waals surface area (Å²) in [5.41, 5.74) is 2.95. The van der Waals surface area contributed by atoms with Crippen molar-refractivity contribution in [2.24, 2.45) is 0 Å². The maximum atomic E-state index is 10.4. The molecule has 0 fully saturated rings. The van der Waals surface area contributed by atoms with Gasteiger partial charge in [-0.25, -0.2) is 4.79 Å². The second kappa shape index (κ2) is 12.2.